The molecule has 0 amide bonds. The fourth-order valence-electron chi connectivity index (χ4n) is 3.64. The Morgan fingerprint density at radius 2 is 1.86 bits per heavy atom. The molecule has 0 spiro atoms. The number of nitrogens with zero attached hydrogens (tertiary/aromatic N) is 2. The lowest BCUT2D eigenvalue weighted by Crippen LogP contribution is -2.34. The second kappa shape index (κ2) is 4.88. The highest BCUT2D eigenvalue weighted by atomic mass is 16.3. The lowest BCUT2D eigenvalue weighted by Gasteiger charge is -2.24. The van der Waals surface area contributed by atoms with Crippen LogP contribution in [0.2, 0.25) is 0 Å². The molecule has 2 fully saturated rings. The summed E-state index contributed by atoms with van der Waals surface area (Å²) in [6.45, 7) is 4.05. The first kappa shape index (κ1) is 12.9. The highest BCUT2D eigenvalue weighted by Crippen LogP contribution is 2.37. The average Bonchev–Trinajstić information content (AvgIpc) is 3.18. The minimum atomic E-state index is 0.707. The molecule has 0 atom stereocenters. The summed E-state index contributed by atoms with van der Waals surface area (Å²) in [4.78, 5) is 4.45. The van der Waals surface area contributed by atoms with E-state index in [2.05, 4.69) is 40.5 Å². The molecule has 4 rings (SSSR count). The van der Waals surface area contributed by atoms with Gasteiger partial charge in [0.25, 0.3) is 0 Å². The molecular formula is C17H21N3O. The summed E-state index contributed by atoms with van der Waals surface area (Å²) in [5.41, 5.74) is 7.91. The summed E-state index contributed by atoms with van der Waals surface area (Å²) in [6, 6.07) is 7.85. The molecule has 1 aromatic carbocycles. The molecule has 21 heavy (non-hydrogen) atoms. The van der Waals surface area contributed by atoms with E-state index in [1.807, 2.05) is 6.92 Å². The molecule has 110 valence electrons. The third-order valence-electron chi connectivity index (χ3n) is 4.80. The molecule has 4 heteroatoms. The Morgan fingerprint density at radius 3 is 2.48 bits per heavy atom. The van der Waals surface area contributed by atoms with Crippen LogP contribution in [0.1, 0.15) is 36.9 Å². The van der Waals surface area contributed by atoms with Gasteiger partial charge in [0.15, 0.2) is 0 Å². The Balaban J connectivity index is 1.62. The number of hydrazine groups is 1. The molecule has 4 nitrogen and oxygen atoms in total. The first-order valence-electron chi connectivity index (χ1n) is 7.79. The van der Waals surface area contributed by atoms with E-state index in [0.717, 1.165) is 16.9 Å². The van der Waals surface area contributed by atoms with Gasteiger partial charge in [-0.2, -0.15) is 0 Å². The summed E-state index contributed by atoms with van der Waals surface area (Å²) in [6.07, 6.45) is 7.02. The van der Waals surface area contributed by atoms with Gasteiger partial charge in [-0.25, -0.2) is 9.99 Å². The largest absolute Gasteiger partial charge is 0.444 e. The van der Waals surface area contributed by atoms with Crippen LogP contribution < -0.4 is 5.43 Å². The van der Waals surface area contributed by atoms with Crippen molar-refractivity contribution in [2.45, 2.75) is 51.6 Å². The minimum absolute atomic E-state index is 0.707. The van der Waals surface area contributed by atoms with Gasteiger partial charge in [-0.05, 0) is 57.2 Å². The van der Waals surface area contributed by atoms with Crippen molar-refractivity contribution in [1.82, 2.24) is 9.99 Å². The van der Waals surface area contributed by atoms with E-state index >= 15 is 0 Å². The van der Waals surface area contributed by atoms with Gasteiger partial charge in [-0.15, -0.1) is 0 Å². The van der Waals surface area contributed by atoms with Crippen LogP contribution in [0, 0.1) is 13.8 Å². The molecule has 1 N–H and O–H groups in total. The van der Waals surface area contributed by atoms with Gasteiger partial charge in [-0.1, -0.05) is 6.07 Å². The molecule has 2 bridgehead atoms. The number of oxazole rings is 1. The van der Waals surface area contributed by atoms with Crippen molar-refractivity contribution >= 4 is 5.69 Å². The van der Waals surface area contributed by atoms with Crippen molar-refractivity contribution in [3.63, 3.8) is 0 Å². The van der Waals surface area contributed by atoms with E-state index in [1.54, 1.807) is 6.26 Å². The van der Waals surface area contributed by atoms with E-state index in [0.29, 0.717) is 18.0 Å². The molecule has 2 aliphatic heterocycles. The fourth-order valence-corrected chi connectivity index (χ4v) is 3.64. The van der Waals surface area contributed by atoms with Gasteiger partial charge in [0.2, 0.25) is 5.89 Å². The van der Waals surface area contributed by atoms with Crippen molar-refractivity contribution in [2.75, 3.05) is 5.43 Å². The van der Waals surface area contributed by atoms with E-state index in [1.165, 1.54) is 31.2 Å². The van der Waals surface area contributed by atoms with Gasteiger partial charge in [0.1, 0.15) is 6.26 Å². The maximum Gasteiger partial charge on any atom is 0.226 e. The standard InChI is InChI=1S/C17H21N3O/c1-11-3-4-13(9-16(11)17-18-12(2)10-21-17)19-20-14-5-6-15(20)8-7-14/h3-4,9-10,14-15,19H,5-8H2,1-2H3. The first-order valence-corrected chi connectivity index (χ1v) is 7.79. The Labute approximate surface area is 125 Å². The maximum atomic E-state index is 5.56. The number of hydrogen-bond donors (Lipinski definition) is 1. The molecule has 2 aliphatic rings. The van der Waals surface area contributed by atoms with Gasteiger partial charge in [0.05, 0.1) is 5.69 Å². The molecule has 3 heterocycles. The molecular weight excluding hydrogens is 262 g/mol. The fraction of sp³-hybridized carbons (Fsp3) is 0.471. The molecule has 1 aromatic heterocycles. The van der Waals surface area contributed by atoms with Crippen LogP contribution >= 0.6 is 0 Å². The van der Waals surface area contributed by atoms with Crippen LogP contribution in [0.15, 0.2) is 28.9 Å². The predicted octanol–water partition coefficient (Wildman–Crippen LogP) is 3.91. The highest BCUT2D eigenvalue weighted by molar-refractivity contribution is 5.65. The van der Waals surface area contributed by atoms with Gasteiger partial charge in [0, 0.05) is 23.3 Å². The zero-order chi connectivity index (χ0) is 14.4. The normalized spacial score (nSPS) is 24.7. The topological polar surface area (TPSA) is 41.3 Å². The molecule has 0 radical (unpaired) electrons. The maximum absolute atomic E-state index is 5.56. The number of benzene rings is 1. The van der Waals surface area contributed by atoms with Gasteiger partial charge < -0.3 is 9.84 Å². The summed E-state index contributed by atoms with van der Waals surface area (Å²) >= 11 is 0. The summed E-state index contributed by atoms with van der Waals surface area (Å²) in [5, 5.41) is 2.45. The van der Waals surface area contributed by atoms with E-state index < -0.39 is 0 Å². The molecule has 0 aliphatic carbocycles. The quantitative estimate of drug-likeness (QED) is 0.927. The predicted molar refractivity (Wildman–Crippen MR) is 82.9 cm³/mol. The third kappa shape index (κ3) is 2.23. The van der Waals surface area contributed by atoms with Crippen LogP contribution in [-0.4, -0.2) is 22.1 Å². The molecule has 2 aromatic rings. The van der Waals surface area contributed by atoms with Crippen molar-refractivity contribution in [3.05, 3.63) is 35.7 Å². The zero-order valence-corrected chi connectivity index (χ0v) is 12.6. The van der Waals surface area contributed by atoms with Gasteiger partial charge in [-0.3, -0.25) is 0 Å². The molecule has 0 unspecified atom stereocenters. The van der Waals surface area contributed by atoms with Crippen molar-refractivity contribution in [2.24, 2.45) is 0 Å². The number of nitrogens with one attached hydrogen (secondary N) is 1. The number of fused-ring (bicyclic) bond motifs is 2. The Kier molecular flexibility index (Phi) is 3.00. The second-order valence-corrected chi connectivity index (χ2v) is 6.31. The lowest BCUT2D eigenvalue weighted by atomic mass is 10.0. The van der Waals surface area contributed by atoms with Crippen molar-refractivity contribution < 1.29 is 4.42 Å². The van der Waals surface area contributed by atoms with E-state index in [4.69, 9.17) is 4.42 Å². The smallest absolute Gasteiger partial charge is 0.226 e. The first-order chi connectivity index (χ1) is 10.2. The minimum Gasteiger partial charge on any atom is -0.444 e. The lowest BCUT2D eigenvalue weighted by molar-refractivity contribution is 0.309. The summed E-state index contributed by atoms with van der Waals surface area (Å²) in [7, 11) is 0. The number of aromatic nitrogens is 1. The number of anilines is 1. The Hall–Kier alpha value is -1.81. The van der Waals surface area contributed by atoms with Gasteiger partial charge >= 0.3 is 0 Å². The zero-order valence-electron chi connectivity index (χ0n) is 12.6. The number of hydrogen-bond acceptors (Lipinski definition) is 4. The average molecular weight is 283 g/mol. The van der Waals surface area contributed by atoms with Crippen LogP contribution in [0.3, 0.4) is 0 Å². The Bertz CT molecular complexity index is 644. The van der Waals surface area contributed by atoms with E-state index in [9.17, 15) is 0 Å². The van der Waals surface area contributed by atoms with Crippen molar-refractivity contribution in [1.29, 1.82) is 0 Å². The summed E-state index contributed by atoms with van der Waals surface area (Å²) in [5.74, 6) is 0.707. The molecule has 2 saturated heterocycles. The number of aryl methyl sites for hydroxylation is 2. The number of rotatable bonds is 3. The van der Waals surface area contributed by atoms with Crippen LogP contribution in [-0.2, 0) is 0 Å². The van der Waals surface area contributed by atoms with Crippen LogP contribution in [0.25, 0.3) is 11.5 Å². The SMILES string of the molecule is Cc1coc(-c2cc(NN3C4CCC3CC4)ccc2C)n1. The third-order valence-corrected chi connectivity index (χ3v) is 4.80. The second-order valence-electron chi connectivity index (χ2n) is 6.31. The highest BCUT2D eigenvalue weighted by Gasteiger charge is 2.39. The molecule has 0 saturated carbocycles. The monoisotopic (exact) mass is 283 g/mol. The van der Waals surface area contributed by atoms with E-state index in [-0.39, 0.29) is 0 Å². The Morgan fingerprint density at radius 1 is 1.14 bits per heavy atom. The summed E-state index contributed by atoms with van der Waals surface area (Å²) < 4.78 is 5.56. The van der Waals surface area contributed by atoms with Crippen molar-refractivity contribution in [3.8, 4) is 11.5 Å². The van der Waals surface area contributed by atoms with Crippen LogP contribution in [0.4, 0.5) is 5.69 Å². The van der Waals surface area contributed by atoms with Crippen LogP contribution in [0.5, 0.6) is 0 Å².